The Hall–Kier alpha value is -3.20. The van der Waals surface area contributed by atoms with E-state index in [1.807, 2.05) is 13.0 Å². The van der Waals surface area contributed by atoms with Gasteiger partial charge < -0.3 is 10.3 Å². The molecule has 0 bridgehead atoms. The Bertz CT molecular complexity index is 1040. The van der Waals surface area contributed by atoms with E-state index in [4.69, 9.17) is 11.0 Å². The highest BCUT2D eigenvalue weighted by Gasteiger charge is 2.15. The van der Waals surface area contributed by atoms with E-state index in [2.05, 4.69) is 0 Å². The second kappa shape index (κ2) is 6.36. The molecule has 1 heterocycles. The number of nitriles is 1. The third kappa shape index (κ3) is 3.09. The Labute approximate surface area is 142 Å². The first-order valence-electron chi connectivity index (χ1n) is 7.49. The van der Waals surface area contributed by atoms with Gasteiger partial charge in [0, 0.05) is 29.8 Å². The highest BCUT2D eigenvalue weighted by Crippen LogP contribution is 2.29. The second-order valence-corrected chi connectivity index (χ2v) is 5.77. The summed E-state index contributed by atoms with van der Waals surface area (Å²) in [4.78, 5) is 0. The average Bonchev–Trinajstić information content (AvgIpc) is 2.86. The van der Waals surface area contributed by atoms with Crippen LogP contribution in [0.15, 0.2) is 42.6 Å². The van der Waals surface area contributed by atoms with Gasteiger partial charge in [-0.1, -0.05) is 6.07 Å². The predicted octanol–water partition coefficient (Wildman–Crippen LogP) is 4.24. The molecule has 3 aromatic rings. The molecule has 126 valence electrons. The number of halogens is 3. The predicted molar refractivity (Wildman–Crippen MR) is 89.9 cm³/mol. The molecule has 25 heavy (non-hydrogen) atoms. The minimum Gasteiger partial charge on any atom is -0.398 e. The largest absolute Gasteiger partial charge is 0.398 e. The molecule has 0 spiro atoms. The monoisotopic (exact) mass is 341 g/mol. The van der Waals surface area contributed by atoms with E-state index in [1.54, 1.807) is 10.8 Å². The average molecular weight is 341 g/mol. The number of rotatable bonds is 3. The maximum Gasteiger partial charge on any atom is 0.159 e. The van der Waals surface area contributed by atoms with Crippen molar-refractivity contribution in [1.82, 2.24) is 4.57 Å². The van der Waals surface area contributed by atoms with Gasteiger partial charge >= 0.3 is 0 Å². The summed E-state index contributed by atoms with van der Waals surface area (Å²) in [5.41, 5.74) is 8.41. The van der Waals surface area contributed by atoms with Crippen LogP contribution in [0, 0.1) is 35.7 Å². The zero-order valence-electron chi connectivity index (χ0n) is 13.4. The van der Waals surface area contributed by atoms with E-state index in [0.717, 1.165) is 23.8 Å². The van der Waals surface area contributed by atoms with Gasteiger partial charge in [0.25, 0.3) is 0 Å². The van der Waals surface area contributed by atoms with Crippen LogP contribution >= 0.6 is 0 Å². The number of aryl methyl sites for hydroxylation is 1. The molecular weight excluding hydrogens is 327 g/mol. The zero-order valence-corrected chi connectivity index (χ0v) is 13.4. The second-order valence-electron chi connectivity index (χ2n) is 5.77. The van der Waals surface area contributed by atoms with Crippen LogP contribution in [0.5, 0.6) is 0 Å². The lowest BCUT2D eigenvalue weighted by Gasteiger charge is -2.11. The highest BCUT2D eigenvalue weighted by atomic mass is 19.2. The number of fused-ring (bicyclic) bond motifs is 1. The van der Waals surface area contributed by atoms with Gasteiger partial charge in [-0.05, 0) is 42.3 Å². The number of allylic oxidation sites excluding steroid dienone is 1. The molecule has 2 aromatic carbocycles. The minimum absolute atomic E-state index is 0.136. The Kier molecular flexibility index (Phi) is 4.24. The van der Waals surface area contributed by atoms with E-state index >= 15 is 0 Å². The summed E-state index contributed by atoms with van der Waals surface area (Å²) in [5.74, 6) is -2.31. The number of nitrogens with two attached hydrogens (primary N) is 1. The van der Waals surface area contributed by atoms with Gasteiger partial charge in [-0.3, -0.25) is 0 Å². The van der Waals surface area contributed by atoms with Crippen LogP contribution in [-0.2, 0) is 6.54 Å². The van der Waals surface area contributed by atoms with E-state index in [9.17, 15) is 13.2 Å². The standard InChI is InChI=1S/C19H14F3N3/c1-11-9-25(10-12-2-3-16(21)17(22)6-12)19-14(11)7-13(20)8-15(19)18(24)4-5-23/h2-4,6-9H,10,24H2,1H3/b18-4+. The number of hydrogen-bond acceptors (Lipinski definition) is 2. The minimum atomic E-state index is -0.930. The highest BCUT2D eigenvalue weighted by molar-refractivity contribution is 5.94. The first kappa shape index (κ1) is 16.7. The normalized spacial score (nSPS) is 11.7. The summed E-state index contributed by atoms with van der Waals surface area (Å²) >= 11 is 0. The van der Waals surface area contributed by atoms with Crippen molar-refractivity contribution in [3.8, 4) is 6.07 Å². The van der Waals surface area contributed by atoms with Crippen molar-refractivity contribution >= 4 is 16.6 Å². The van der Waals surface area contributed by atoms with Gasteiger partial charge in [0.05, 0.1) is 17.3 Å². The summed E-state index contributed by atoms with van der Waals surface area (Å²) < 4.78 is 42.3. The molecule has 6 heteroatoms. The fourth-order valence-corrected chi connectivity index (χ4v) is 2.90. The number of hydrogen-bond donors (Lipinski definition) is 1. The fraction of sp³-hybridized carbons (Fsp3) is 0.105. The number of benzene rings is 2. The smallest absolute Gasteiger partial charge is 0.159 e. The summed E-state index contributed by atoms with van der Waals surface area (Å²) in [5, 5.41) is 9.47. The third-order valence-corrected chi connectivity index (χ3v) is 4.00. The maximum atomic E-state index is 13.9. The van der Waals surface area contributed by atoms with Crippen molar-refractivity contribution in [2.45, 2.75) is 13.5 Å². The molecule has 3 nitrogen and oxygen atoms in total. The lowest BCUT2D eigenvalue weighted by Crippen LogP contribution is -2.04. The van der Waals surface area contributed by atoms with Crippen LogP contribution in [0.1, 0.15) is 16.7 Å². The molecule has 0 aliphatic carbocycles. The Morgan fingerprint density at radius 2 is 1.96 bits per heavy atom. The summed E-state index contributed by atoms with van der Waals surface area (Å²) in [6, 6.07) is 8.14. The van der Waals surface area contributed by atoms with Crippen LogP contribution in [0.25, 0.3) is 16.6 Å². The Morgan fingerprint density at radius 1 is 1.20 bits per heavy atom. The molecule has 0 fully saturated rings. The van der Waals surface area contributed by atoms with Crippen molar-refractivity contribution in [2.75, 3.05) is 0 Å². The molecule has 0 atom stereocenters. The van der Waals surface area contributed by atoms with E-state index in [0.29, 0.717) is 22.0 Å². The topological polar surface area (TPSA) is 54.7 Å². The van der Waals surface area contributed by atoms with Crippen molar-refractivity contribution in [3.63, 3.8) is 0 Å². The van der Waals surface area contributed by atoms with Crippen LogP contribution in [0.3, 0.4) is 0 Å². The summed E-state index contributed by atoms with van der Waals surface area (Å²) in [6.07, 6.45) is 2.92. The molecule has 0 saturated carbocycles. The molecule has 0 saturated heterocycles. The van der Waals surface area contributed by atoms with Crippen LogP contribution in [-0.4, -0.2) is 4.57 Å². The van der Waals surface area contributed by atoms with Gasteiger partial charge in [-0.25, -0.2) is 13.2 Å². The molecule has 0 amide bonds. The van der Waals surface area contributed by atoms with Crippen molar-refractivity contribution in [3.05, 3.63) is 76.7 Å². The van der Waals surface area contributed by atoms with Gasteiger partial charge in [-0.15, -0.1) is 0 Å². The van der Waals surface area contributed by atoms with Gasteiger partial charge in [0.2, 0.25) is 0 Å². The lowest BCUT2D eigenvalue weighted by molar-refractivity contribution is 0.506. The van der Waals surface area contributed by atoms with Crippen LogP contribution in [0.2, 0.25) is 0 Å². The van der Waals surface area contributed by atoms with Gasteiger partial charge in [0.1, 0.15) is 5.82 Å². The fourth-order valence-electron chi connectivity index (χ4n) is 2.90. The van der Waals surface area contributed by atoms with Crippen LogP contribution < -0.4 is 5.73 Å². The molecule has 1 aromatic heterocycles. The molecular formula is C19H14F3N3. The van der Waals surface area contributed by atoms with Crippen molar-refractivity contribution < 1.29 is 13.2 Å². The van der Waals surface area contributed by atoms with E-state index in [-0.39, 0.29) is 12.2 Å². The molecule has 0 aliphatic heterocycles. The number of aromatic nitrogens is 1. The third-order valence-electron chi connectivity index (χ3n) is 4.00. The van der Waals surface area contributed by atoms with E-state index < -0.39 is 17.5 Å². The van der Waals surface area contributed by atoms with Crippen LogP contribution in [0.4, 0.5) is 13.2 Å². The quantitative estimate of drug-likeness (QED) is 0.725. The van der Waals surface area contributed by atoms with Crippen molar-refractivity contribution in [1.29, 1.82) is 5.26 Å². The molecule has 0 aliphatic rings. The SMILES string of the molecule is Cc1cn(Cc2ccc(F)c(F)c2)c2c(/C(N)=C\C#N)cc(F)cc12. The molecule has 0 unspecified atom stereocenters. The summed E-state index contributed by atoms with van der Waals surface area (Å²) in [6.45, 7) is 2.07. The van der Waals surface area contributed by atoms with Gasteiger partial charge in [0.15, 0.2) is 11.6 Å². The Balaban J connectivity index is 2.20. The Morgan fingerprint density at radius 3 is 2.64 bits per heavy atom. The molecule has 3 rings (SSSR count). The van der Waals surface area contributed by atoms with Crippen molar-refractivity contribution in [2.24, 2.45) is 5.73 Å². The summed E-state index contributed by atoms with van der Waals surface area (Å²) in [7, 11) is 0. The lowest BCUT2D eigenvalue weighted by atomic mass is 10.1. The van der Waals surface area contributed by atoms with E-state index in [1.165, 1.54) is 18.2 Å². The van der Waals surface area contributed by atoms with Gasteiger partial charge in [-0.2, -0.15) is 5.26 Å². The first-order chi connectivity index (χ1) is 11.9. The maximum absolute atomic E-state index is 13.9. The zero-order chi connectivity index (χ0) is 18.1. The first-order valence-corrected chi connectivity index (χ1v) is 7.49. The number of nitrogens with zero attached hydrogens (tertiary/aromatic N) is 2. The molecule has 0 radical (unpaired) electrons. The molecule has 2 N–H and O–H groups in total.